The van der Waals surface area contributed by atoms with Gasteiger partial charge in [-0.2, -0.15) is 4.31 Å². The highest BCUT2D eigenvalue weighted by atomic mass is 32.2. The first-order chi connectivity index (χ1) is 14.7. The molecule has 1 atom stereocenters. The van der Waals surface area contributed by atoms with Crippen LogP contribution in [-0.4, -0.2) is 67.8 Å². The van der Waals surface area contributed by atoms with E-state index in [0.29, 0.717) is 37.0 Å². The smallest absolute Gasteiger partial charge is 0.243 e. The summed E-state index contributed by atoms with van der Waals surface area (Å²) in [6.07, 6.45) is 1.57. The van der Waals surface area contributed by atoms with Crippen molar-refractivity contribution < 1.29 is 17.9 Å². The molecule has 9 nitrogen and oxygen atoms in total. The van der Waals surface area contributed by atoms with Gasteiger partial charge in [0.2, 0.25) is 15.9 Å². The summed E-state index contributed by atoms with van der Waals surface area (Å²) >= 11 is 0. The molecule has 0 saturated carbocycles. The van der Waals surface area contributed by atoms with Crippen LogP contribution < -0.4 is 10.1 Å². The topological polar surface area (TPSA) is 105 Å². The zero-order chi connectivity index (χ0) is 22.6. The van der Waals surface area contributed by atoms with E-state index in [0.717, 1.165) is 18.5 Å². The Morgan fingerprint density at radius 2 is 2.00 bits per heavy atom. The summed E-state index contributed by atoms with van der Waals surface area (Å²) in [5.41, 5.74) is 0.779. The average molecular weight is 448 g/mol. The minimum atomic E-state index is -3.62. The van der Waals surface area contributed by atoms with Crippen molar-refractivity contribution in [1.29, 1.82) is 0 Å². The first-order valence-electron chi connectivity index (χ1n) is 10.2. The number of nitrogens with zero attached hydrogens (tertiary/aromatic N) is 4. The van der Waals surface area contributed by atoms with Crippen molar-refractivity contribution in [2.24, 2.45) is 0 Å². The van der Waals surface area contributed by atoms with Crippen molar-refractivity contribution in [2.75, 3.05) is 39.6 Å². The van der Waals surface area contributed by atoms with Crippen LogP contribution in [0.25, 0.3) is 0 Å². The van der Waals surface area contributed by atoms with Crippen molar-refractivity contribution in [2.45, 2.75) is 37.1 Å². The Balaban J connectivity index is 1.84. The summed E-state index contributed by atoms with van der Waals surface area (Å²) in [4.78, 5) is 22.5. The lowest BCUT2D eigenvalue weighted by molar-refractivity contribution is -0.128. The Bertz CT molecular complexity index is 1030. The van der Waals surface area contributed by atoms with Crippen LogP contribution in [0.5, 0.6) is 5.75 Å². The lowest BCUT2D eigenvalue weighted by Crippen LogP contribution is -2.39. The third kappa shape index (κ3) is 5.31. The molecule has 1 aromatic heterocycles. The van der Waals surface area contributed by atoms with E-state index in [1.54, 1.807) is 50.4 Å². The molecule has 1 aliphatic rings. The van der Waals surface area contributed by atoms with Gasteiger partial charge in [0, 0.05) is 46.1 Å². The first-order valence-corrected chi connectivity index (χ1v) is 11.6. The third-order valence-electron chi connectivity index (χ3n) is 5.46. The SMILES string of the molecule is CNc1cc([C@H]2CCCN(S(=O)(=O)c3ccc(OC)cc3)C2)nc(CN(C)C(C)=O)n1. The lowest BCUT2D eigenvalue weighted by atomic mass is 9.96. The number of aromatic nitrogens is 2. The molecule has 3 rings (SSSR count). The number of hydrogen-bond donors (Lipinski definition) is 1. The van der Waals surface area contributed by atoms with E-state index in [1.165, 1.54) is 11.2 Å². The number of rotatable bonds is 7. The van der Waals surface area contributed by atoms with Gasteiger partial charge in [-0.1, -0.05) is 0 Å². The van der Waals surface area contributed by atoms with Crippen LogP contribution in [0, 0.1) is 0 Å². The average Bonchev–Trinajstić information content (AvgIpc) is 2.78. The highest BCUT2D eigenvalue weighted by molar-refractivity contribution is 7.89. The Hall–Kier alpha value is -2.72. The van der Waals surface area contributed by atoms with E-state index >= 15 is 0 Å². The van der Waals surface area contributed by atoms with Crippen LogP contribution in [0.2, 0.25) is 0 Å². The van der Waals surface area contributed by atoms with Gasteiger partial charge in [-0.05, 0) is 37.1 Å². The quantitative estimate of drug-likeness (QED) is 0.693. The predicted octanol–water partition coefficient (Wildman–Crippen LogP) is 2.07. The highest BCUT2D eigenvalue weighted by Crippen LogP contribution is 2.31. The van der Waals surface area contributed by atoms with Gasteiger partial charge in [0.1, 0.15) is 17.4 Å². The maximum atomic E-state index is 13.2. The molecule has 0 aliphatic carbocycles. The van der Waals surface area contributed by atoms with Gasteiger partial charge in [0.05, 0.1) is 24.2 Å². The minimum absolute atomic E-state index is 0.0572. The normalized spacial score (nSPS) is 17.2. The van der Waals surface area contributed by atoms with Crippen molar-refractivity contribution in [3.8, 4) is 5.75 Å². The summed E-state index contributed by atoms with van der Waals surface area (Å²) < 4.78 is 33.0. The van der Waals surface area contributed by atoms with E-state index in [1.807, 2.05) is 6.07 Å². The molecule has 1 aromatic carbocycles. The molecule has 1 amide bonds. The van der Waals surface area contributed by atoms with Gasteiger partial charge >= 0.3 is 0 Å². The molecule has 1 N–H and O–H groups in total. The standard InChI is InChI=1S/C21H29N5O4S/c1-15(27)25(3)14-21-23-19(12-20(22-2)24-21)16-6-5-11-26(13-16)31(28,29)18-9-7-17(30-4)8-10-18/h7-10,12,16H,5-6,11,13-14H2,1-4H3,(H,22,23,24)/t16-/m0/s1. The van der Waals surface area contributed by atoms with E-state index in [-0.39, 0.29) is 16.7 Å². The zero-order valence-electron chi connectivity index (χ0n) is 18.3. The molecule has 1 fully saturated rings. The van der Waals surface area contributed by atoms with Gasteiger partial charge in [-0.15, -0.1) is 0 Å². The number of anilines is 1. The predicted molar refractivity (Wildman–Crippen MR) is 117 cm³/mol. The van der Waals surface area contributed by atoms with Crippen LogP contribution in [0.15, 0.2) is 35.2 Å². The van der Waals surface area contributed by atoms with E-state index in [2.05, 4.69) is 15.3 Å². The number of sulfonamides is 1. The number of methoxy groups -OCH3 is 1. The molecule has 2 heterocycles. The number of carbonyl (C=O) groups excluding carboxylic acids is 1. The molecule has 31 heavy (non-hydrogen) atoms. The Labute approximate surface area is 183 Å². The third-order valence-corrected chi connectivity index (χ3v) is 7.34. The Kier molecular flexibility index (Phi) is 7.11. The minimum Gasteiger partial charge on any atom is -0.497 e. The number of hydrogen-bond acceptors (Lipinski definition) is 7. The number of ether oxygens (including phenoxy) is 1. The second-order valence-electron chi connectivity index (χ2n) is 7.60. The highest BCUT2D eigenvalue weighted by Gasteiger charge is 2.32. The number of benzene rings is 1. The molecule has 168 valence electrons. The second-order valence-corrected chi connectivity index (χ2v) is 9.54. The fourth-order valence-electron chi connectivity index (χ4n) is 3.55. The Morgan fingerprint density at radius 3 is 2.61 bits per heavy atom. The number of piperidine rings is 1. The largest absolute Gasteiger partial charge is 0.497 e. The van der Waals surface area contributed by atoms with Crippen molar-refractivity contribution >= 4 is 21.7 Å². The molecule has 0 bridgehead atoms. The van der Waals surface area contributed by atoms with Crippen molar-refractivity contribution in [3.63, 3.8) is 0 Å². The molecule has 2 aromatic rings. The van der Waals surface area contributed by atoms with Crippen LogP contribution >= 0.6 is 0 Å². The summed E-state index contributed by atoms with van der Waals surface area (Å²) in [5.74, 6) is 1.65. The van der Waals surface area contributed by atoms with E-state index in [9.17, 15) is 13.2 Å². The van der Waals surface area contributed by atoms with Gasteiger partial charge in [-0.3, -0.25) is 4.79 Å². The summed E-state index contributed by atoms with van der Waals surface area (Å²) in [6, 6.07) is 8.28. The number of nitrogens with one attached hydrogen (secondary N) is 1. The van der Waals surface area contributed by atoms with Crippen molar-refractivity contribution in [3.05, 3.63) is 41.9 Å². The summed E-state index contributed by atoms with van der Waals surface area (Å²) in [7, 11) is 1.39. The molecular weight excluding hydrogens is 418 g/mol. The zero-order valence-corrected chi connectivity index (χ0v) is 19.1. The van der Waals surface area contributed by atoms with Crippen LogP contribution in [0.1, 0.15) is 37.2 Å². The van der Waals surface area contributed by atoms with Crippen LogP contribution in [-0.2, 0) is 21.4 Å². The number of amides is 1. The molecule has 1 saturated heterocycles. The van der Waals surface area contributed by atoms with Crippen LogP contribution in [0.4, 0.5) is 5.82 Å². The first kappa shape index (κ1) is 23.0. The molecule has 1 aliphatic heterocycles. The lowest BCUT2D eigenvalue weighted by Gasteiger charge is -2.32. The molecule has 10 heteroatoms. The molecule has 0 spiro atoms. The molecule has 0 radical (unpaired) electrons. The van der Waals surface area contributed by atoms with Gasteiger partial charge in [0.25, 0.3) is 0 Å². The van der Waals surface area contributed by atoms with Gasteiger partial charge in [0.15, 0.2) is 0 Å². The molecule has 0 unspecified atom stereocenters. The Morgan fingerprint density at radius 1 is 1.29 bits per heavy atom. The second kappa shape index (κ2) is 9.61. The maximum absolute atomic E-state index is 13.2. The maximum Gasteiger partial charge on any atom is 0.243 e. The fourth-order valence-corrected chi connectivity index (χ4v) is 5.07. The van der Waals surface area contributed by atoms with Gasteiger partial charge in [-0.25, -0.2) is 18.4 Å². The van der Waals surface area contributed by atoms with Crippen molar-refractivity contribution in [1.82, 2.24) is 19.2 Å². The van der Waals surface area contributed by atoms with Gasteiger partial charge < -0.3 is 15.0 Å². The molecular formula is C21H29N5O4S. The summed E-state index contributed by atoms with van der Waals surface area (Å²) in [6.45, 7) is 2.59. The fraction of sp³-hybridized carbons (Fsp3) is 0.476. The number of carbonyl (C=O) groups is 1. The monoisotopic (exact) mass is 447 g/mol. The summed E-state index contributed by atoms with van der Waals surface area (Å²) in [5, 5.41) is 3.03. The van der Waals surface area contributed by atoms with E-state index < -0.39 is 10.0 Å². The van der Waals surface area contributed by atoms with E-state index in [4.69, 9.17) is 4.74 Å². The van der Waals surface area contributed by atoms with Crippen LogP contribution in [0.3, 0.4) is 0 Å².